The lowest BCUT2D eigenvalue weighted by Gasteiger charge is -2.47. The highest BCUT2D eigenvalue weighted by Gasteiger charge is 2.37. The standard InChI is InChI=1S/C21H29N3OS2/c1-2-3-4-5-6-7-9-22-16-13-17-20-18(27-15-23-20)8-10-24(25)11-12-26-19(14-16)21(17)24/h8,14-15,22H,2-7,9-13H2,1H3. The van der Waals surface area contributed by atoms with E-state index in [0.717, 1.165) is 40.2 Å². The van der Waals surface area contributed by atoms with Crippen LogP contribution in [0.2, 0.25) is 0 Å². The van der Waals surface area contributed by atoms with Gasteiger partial charge < -0.3 is 15.2 Å². The minimum absolute atomic E-state index is 0.206. The van der Waals surface area contributed by atoms with Gasteiger partial charge in [0.25, 0.3) is 0 Å². The molecule has 0 bridgehead atoms. The van der Waals surface area contributed by atoms with Crippen LogP contribution in [0, 0.1) is 5.21 Å². The van der Waals surface area contributed by atoms with Gasteiger partial charge in [-0.05, 0) is 18.6 Å². The molecule has 0 spiro atoms. The van der Waals surface area contributed by atoms with Crippen molar-refractivity contribution in [1.29, 1.82) is 0 Å². The van der Waals surface area contributed by atoms with Gasteiger partial charge in [0.2, 0.25) is 0 Å². The average molecular weight is 404 g/mol. The predicted octanol–water partition coefficient (Wildman–Crippen LogP) is 3.60. The molecule has 0 amide bonds. The fourth-order valence-electron chi connectivity index (χ4n) is 4.18. The molecule has 0 aromatic carbocycles. The molecular weight excluding hydrogens is 374 g/mol. The summed E-state index contributed by atoms with van der Waals surface area (Å²) >= 11 is 3.49. The van der Waals surface area contributed by atoms with Crippen LogP contribution in [0.1, 0.15) is 51.9 Å². The van der Waals surface area contributed by atoms with E-state index in [2.05, 4.69) is 29.4 Å². The van der Waals surface area contributed by atoms with E-state index < -0.39 is 0 Å². The number of unbranched alkanes of at least 4 members (excludes halogenated alkanes) is 5. The maximum atomic E-state index is 13.5. The number of hydrogen-bond acceptors (Lipinski definition) is 5. The molecule has 6 heteroatoms. The Morgan fingerprint density at radius 3 is 2.96 bits per heavy atom. The van der Waals surface area contributed by atoms with Gasteiger partial charge in [-0.1, -0.05) is 39.0 Å². The van der Waals surface area contributed by atoms with Crippen molar-refractivity contribution in [3.63, 3.8) is 0 Å². The Morgan fingerprint density at radius 2 is 2.07 bits per heavy atom. The van der Waals surface area contributed by atoms with Gasteiger partial charge >= 0.3 is 0 Å². The minimum atomic E-state index is -0.206. The van der Waals surface area contributed by atoms with Gasteiger partial charge in [0, 0.05) is 30.0 Å². The third-order valence-electron chi connectivity index (χ3n) is 5.64. The zero-order valence-corrected chi connectivity index (χ0v) is 17.8. The van der Waals surface area contributed by atoms with Gasteiger partial charge in [0.05, 0.1) is 26.8 Å². The number of rotatable bonds is 8. The van der Waals surface area contributed by atoms with Gasteiger partial charge in [-0.2, -0.15) is 0 Å². The van der Waals surface area contributed by atoms with Gasteiger partial charge in [-0.3, -0.25) is 0 Å². The van der Waals surface area contributed by atoms with Crippen molar-refractivity contribution in [1.82, 2.24) is 10.3 Å². The van der Waals surface area contributed by atoms with Crippen molar-refractivity contribution in [2.24, 2.45) is 0 Å². The summed E-state index contributed by atoms with van der Waals surface area (Å²) < 4.78 is 0.962. The first-order chi connectivity index (χ1) is 13.2. The molecule has 1 N–H and O–H groups in total. The smallest absolute Gasteiger partial charge is 0.152 e. The van der Waals surface area contributed by atoms with Crippen LogP contribution in [0.15, 0.2) is 27.9 Å². The number of thiazole rings is 1. The highest BCUT2D eigenvalue weighted by molar-refractivity contribution is 8.03. The van der Waals surface area contributed by atoms with Crippen molar-refractivity contribution in [3.05, 3.63) is 43.0 Å². The van der Waals surface area contributed by atoms with Crippen molar-refractivity contribution in [3.8, 4) is 0 Å². The Bertz CT molecular complexity index is 870. The third-order valence-corrected chi connectivity index (χ3v) is 7.48. The van der Waals surface area contributed by atoms with Crippen LogP contribution in [0.3, 0.4) is 0 Å². The second kappa shape index (κ2) is 8.52. The number of hydrogen-bond donors (Lipinski definition) is 1. The molecule has 1 aromatic rings. The summed E-state index contributed by atoms with van der Waals surface area (Å²) in [5.41, 5.74) is 5.30. The first-order valence-corrected chi connectivity index (χ1v) is 12.1. The average Bonchev–Trinajstić information content (AvgIpc) is 3.10. The molecule has 4 nitrogen and oxygen atoms in total. The SMILES string of the molecule is CCCCCCCCNC1=CC2=C3C(=c4ncsc4=CC[N+]3([O-])CCS2)C1. The Balaban J connectivity index is 1.53. The molecule has 4 rings (SSSR count). The van der Waals surface area contributed by atoms with E-state index in [1.165, 1.54) is 48.8 Å². The summed E-state index contributed by atoms with van der Waals surface area (Å²) in [5.74, 6) is 0.895. The molecular formula is C21H29N3OS2. The molecule has 1 aliphatic carbocycles. The number of quaternary nitrogens is 1. The predicted molar refractivity (Wildman–Crippen MR) is 116 cm³/mol. The van der Waals surface area contributed by atoms with E-state index in [1.807, 2.05) is 17.3 Å². The van der Waals surface area contributed by atoms with E-state index in [4.69, 9.17) is 0 Å². The zero-order valence-electron chi connectivity index (χ0n) is 16.1. The Morgan fingerprint density at radius 1 is 1.22 bits per heavy atom. The highest BCUT2D eigenvalue weighted by Crippen LogP contribution is 2.43. The quantitative estimate of drug-likeness (QED) is 0.409. The lowest BCUT2D eigenvalue weighted by atomic mass is 9.99. The largest absolute Gasteiger partial charge is 0.627 e. The maximum absolute atomic E-state index is 13.5. The summed E-state index contributed by atoms with van der Waals surface area (Å²) in [6.45, 7) is 4.47. The number of aromatic nitrogens is 1. The molecule has 0 radical (unpaired) electrons. The molecule has 146 valence electrons. The fraction of sp³-hybridized carbons (Fsp3) is 0.571. The molecule has 0 fully saturated rings. The molecule has 3 aliphatic rings. The fourth-order valence-corrected chi connectivity index (χ4v) is 6.16. The second-order valence-electron chi connectivity index (χ2n) is 7.65. The molecule has 1 atom stereocenters. The Hall–Kier alpha value is -1.08. The topological polar surface area (TPSA) is 48.0 Å². The second-order valence-corrected chi connectivity index (χ2v) is 9.67. The first-order valence-electron chi connectivity index (χ1n) is 10.2. The van der Waals surface area contributed by atoms with Crippen molar-refractivity contribution in [2.45, 2.75) is 51.9 Å². The van der Waals surface area contributed by atoms with Crippen LogP contribution >= 0.6 is 23.1 Å². The minimum Gasteiger partial charge on any atom is -0.627 e. The molecule has 0 saturated heterocycles. The van der Waals surface area contributed by atoms with Crippen LogP contribution in [-0.2, 0) is 0 Å². The lowest BCUT2D eigenvalue weighted by molar-refractivity contribution is -0.827. The molecule has 1 aromatic heterocycles. The normalized spacial score (nSPS) is 23.9. The van der Waals surface area contributed by atoms with Crippen molar-refractivity contribution < 1.29 is 4.65 Å². The molecule has 27 heavy (non-hydrogen) atoms. The van der Waals surface area contributed by atoms with Crippen molar-refractivity contribution >= 4 is 34.7 Å². The summed E-state index contributed by atoms with van der Waals surface area (Å²) in [6, 6.07) is 0. The highest BCUT2D eigenvalue weighted by atomic mass is 32.2. The zero-order chi connectivity index (χ0) is 18.7. The summed E-state index contributed by atoms with van der Waals surface area (Å²) in [5, 5.41) is 18.2. The van der Waals surface area contributed by atoms with Crippen LogP contribution in [-0.4, -0.2) is 35.0 Å². The monoisotopic (exact) mass is 403 g/mol. The number of thioether (sulfide) groups is 1. The molecule has 3 heterocycles. The molecule has 1 unspecified atom stereocenters. The van der Waals surface area contributed by atoms with Gasteiger partial charge in [-0.15, -0.1) is 23.1 Å². The van der Waals surface area contributed by atoms with Crippen LogP contribution in [0.4, 0.5) is 0 Å². The van der Waals surface area contributed by atoms with Crippen LogP contribution in [0.25, 0.3) is 11.6 Å². The molecule has 0 saturated carbocycles. The van der Waals surface area contributed by atoms with E-state index in [0.29, 0.717) is 13.1 Å². The number of allylic oxidation sites excluding steroid dienone is 3. The number of hydroxylamine groups is 3. The van der Waals surface area contributed by atoms with Crippen molar-refractivity contribution in [2.75, 3.05) is 25.4 Å². The van der Waals surface area contributed by atoms with Crippen LogP contribution in [0.5, 0.6) is 0 Å². The summed E-state index contributed by atoms with van der Waals surface area (Å²) in [7, 11) is 0. The summed E-state index contributed by atoms with van der Waals surface area (Å²) in [6.07, 6.45) is 13.0. The lowest BCUT2D eigenvalue weighted by Crippen LogP contribution is -2.46. The van der Waals surface area contributed by atoms with Gasteiger partial charge in [0.1, 0.15) is 6.54 Å². The maximum Gasteiger partial charge on any atom is 0.152 e. The van der Waals surface area contributed by atoms with Gasteiger partial charge in [0.15, 0.2) is 5.70 Å². The first kappa shape index (κ1) is 19.2. The third kappa shape index (κ3) is 4.04. The molecule has 2 aliphatic heterocycles. The Labute approximate surface area is 169 Å². The van der Waals surface area contributed by atoms with E-state index in [1.54, 1.807) is 11.3 Å². The van der Waals surface area contributed by atoms with Gasteiger partial charge in [-0.25, -0.2) is 4.98 Å². The number of nitrogens with one attached hydrogen (secondary N) is 1. The number of fused-ring (bicyclic) bond motifs is 1. The number of nitrogens with zero attached hydrogens (tertiary/aromatic N) is 2. The summed E-state index contributed by atoms with van der Waals surface area (Å²) in [4.78, 5) is 5.80. The van der Waals surface area contributed by atoms with E-state index in [-0.39, 0.29) is 4.65 Å². The van der Waals surface area contributed by atoms with Crippen LogP contribution < -0.4 is 15.2 Å². The Kier molecular flexibility index (Phi) is 6.07. The van der Waals surface area contributed by atoms with E-state index in [9.17, 15) is 5.21 Å². The van der Waals surface area contributed by atoms with E-state index >= 15 is 0 Å².